The van der Waals surface area contributed by atoms with Crippen molar-refractivity contribution in [1.82, 2.24) is 9.88 Å². The summed E-state index contributed by atoms with van der Waals surface area (Å²) in [6.45, 7) is 0. The highest BCUT2D eigenvalue weighted by Gasteiger charge is 2.14. The van der Waals surface area contributed by atoms with E-state index in [2.05, 4.69) is 4.98 Å². The highest BCUT2D eigenvalue weighted by atomic mass is 16.4. The Morgan fingerprint density at radius 3 is 2.52 bits per heavy atom. The molecule has 0 aliphatic carbocycles. The number of carbonyl (C=O) groups excluding carboxylic acids is 1. The summed E-state index contributed by atoms with van der Waals surface area (Å²) in [5, 5.41) is 9.19. The molecule has 0 atom stereocenters. The van der Waals surface area contributed by atoms with Crippen molar-refractivity contribution in [3.05, 3.63) is 58.0 Å². The second-order valence-electron chi connectivity index (χ2n) is 4.71. The first-order valence-corrected chi connectivity index (χ1v) is 6.18. The monoisotopic (exact) mass is 286 g/mol. The van der Waals surface area contributed by atoms with Gasteiger partial charge < -0.3 is 15.0 Å². The van der Waals surface area contributed by atoms with Crippen molar-refractivity contribution >= 4 is 11.9 Å². The maximum atomic E-state index is 12.0. The number of aromatic carboxylic acids is 1. The highest BCUT2D eigenvalue weighted by molar-refractivity contribution is 5.98. The van der Waals surface area contributed by atoms with Crippen molar-refractivity contribution in [2.45, 2.75) is 0 Å². The summed E-state index contributed by atoms with van der Waals surface area (Å²) in [6.07, 6.45) is 1.34. The van der Waals surface area contributed by atoms with E-state index in [-0.39, 0.29) is 11.5 Å². The number of H-pyrrole nitrogens is 1. The second-order valence-corrected chi connectivity index (χ2v) is 4.71. The van der Waals surface area contributed by atoms with Gasteiger partial charge in [0.2, 0.25) is 5.56 Å². The van der Waals surface area contributed by atoms with E-state index < -0.39 is 11.5 Å². The van der Waals surface area contributed by atoms with Gasteiger partial charge in [-0.15, -0.1) is 0 Å². The van der Waals surface area contributed by atoms with Gasteiger partial charge in [-0.1, -0.05) is 12.1 Å². The number of nitrogens with one attached hydrogen (secondary N) is 1. The van der Waals surface area contributed by atoms with Gasteiger partial charge in [-0.2, -0.15) is 0 Å². The Kier molecular flexibility index (Phi) is 3.89. The van der Waals surface area contributed by atoms with Crippen molar-refractivity contribution in [3.8, 4) is 11.1 Å². The fourth-order valence-corrected chi connectivity index (χ4v) is 1.97. The molecule has 1 aromatic heterocycles. The highest BCUT2D eigenvalue weighted by Crippen LogP contribution is 2.23. The standard InChI is InChI=1S/C15H14N2O4/c1-17(2)14(19)10-5-3-4-9(6-10)12-8-16-13(18)7-11(12)15(20)21/h3-8H,1-2H3,(H,16,18)(H,20,21). The molecule has 1 heterocycles. The second kappa shape index (κ2) is 5.62. The van der Waals surface area contributed by atoms with Gasteiger partial charge in [-0.25, -0.2) is 4.79 Å². The Morgan fingerprint density at radius 2 is 1.90 bits per heavy atom. The zero-order chi connectivity index (χ0) is 15.6. The number of carbonyl (C=O) groups is 2. The van der Waals surface area contributed by atoms with Crippen molar-refractivity contribution in [3.63, 3.8) is 0 Å². The number of nitrogens with zero attached hydrogens (tertiary/aromatic N) is 1. The molecule has 6 heteroatoms. The van der Waals surface area contributed by atoms with Crippen LogP contribution in [0.25, 0.3) is 11.1 Å². The van der Waals surface area contributed by atoms with Crippen LogP contribution in [-0.4, -0.2) is 41.0 Å². The van der Waals surface area contributed by atoms with E-state index in [0.717, 1.165) is 6.07 Å². The molecule has 0 saturated carbocycles. The lowest BCUT2D eigenvalue weighted by molar-refractivity contribution is 0.0697. The molecule has 1 amide bonds. The van der Waals surface area contributed by atoms with Crippen LogP contribution in [0.15, 0.2) is 41.3 Å². The van der Waals surface area contributed by atoms with E-state index in [0.29, 0.717) is 16.7 Å². The molecule has 2 N–H and O–H groups in total. The molecule has 0 radical (unpaired) electrons. The molecule has 0 spiro atoms. The predicted molar refractivity (Wildman–Crippen MR) is 77.5 cm³/mol. The first-order chi connectivity index (χ1) is 9.90. The minimum absolute atomic E-state index is 0.104. The number of hydrogen-bond acceptors (Lipinski definition) is 3. The average Bonchev–Trinajstić information content (AvgIpc) is 2.46. The largest absolute Gasteiger partial charge is 0.478 e. The van der Waals surface area contributed by atoms with Crippen LogP contribution in [-0.2, 0) is 0 Å². The topological polar surface area (TPSA) is 90.5 Å². The van der Waals surface area contributed by atoms with E-state index in [9.17, 15) is 19.5 Å². The summed E-state index contributed by atoms with van der Waals surface area (Å²) in [5.41, 5.74) is 0.761. The van der Waals surface area contributed by atoms with Gasteiger partial charge >= 0.3 is 5.97 Å². The van der Waals surface area contributed by atoms with Crippen LogP contribution in [0, 0.1) is 0 Å². The fourth-order valence-electron chi connectivity index (χ4n) is 1.97. The first kappa shape index (κ1) is 14.5. The zero-order valence-corrected chi connectivity index (χ0v) is 11.6. The van der Waals surface area contributed by atoms with E-state index >= 15 is 0 Å². The maximum absolute atomic E-state index is 12.0. The van der Waals surface area contributed by atoms with Gasteiger partial charge in [0.1, 0.15) is 0 Å². The number of carboxylic acid groups (broad SMARTS) is 1. The van der Waals surface area contributed by atoms with E-state index in [1.807, 2.05) is 0 Å². The molecular formula is C15H14N2O4. The Morgan fingerprint density at radius 1 is 1.19 bits per heavy atom. The molecule has 0 aliphatic rings. The normalized spacial score (nSPS) is 10.2. The maximum Gasteiger partial charge on any atom is 0.336 e. The Labute approximate surface area is 120 Å². The number of benzene rings is 1. The van der Waals surface area contributed by atoms with Crippen LogP contribution >= 0.6 is 0 Å². The van der Waals surface area contributed by atoms with Gasteiger partial charge in [0.15, 0.2) is 0 Å². The number of carboxylic acids is 1. The fraction of sp³-hybridized carbons (Fsp3) is 0.133. The van der Waals surface area contributed by atoms with Crippen LogP contribution in [0.3, 0.4) is 0 Å². The number of pyridine rings is 1. The molecule has 2 aromatic rings. The van der Waals surface area contributed by atoms with Crippen LogP contribution in [0.2, 0.25) is 0 Å². The Balaban J connectivity index is 2.58. The van der Waals surface area contributed by atoms with Crippen molar-refractivity contribution in [2.75, 3.05) is 14.1 Å². The molecule has 0 bridgehead atoms. The summed E-state index contributed by atoms with van der Waals surface area (Å²) in [7, 11) is 3.27. The van der Waals surface area contributed by atoms with E-state index in [1.54, 1.807) is 38.4 Å². The van der Waals surface area contributed by atoms with Crippen molar-refractivity contribution in [1.29, 1.82) is 0 Å². The first-order valence-electron chi connectivity index (χ1n) is 6.18. The summed E-state index contributed by atoms with van der Waals surface area (Å²) in [5.74, 6) is -1.38. The summed E-state index contributed by atoms with van der Waals surface area (Å²) in [4.78, 5) is 38.3. The molecular weight excluding hydrogens is 272 g/mol. The number of rotatable bonds is 3. The number of aromatic nitrogens is 1. The molecule has 2 rings (SSSR count). The molecule has 0 unspecified atom stereocenters. The van der Waals surface area contributed by atoms with Crippen LogP contribution in [0.1, 0.15) is 20.7 Å². The van der Waals surface area contributed by atoms with Gasteiger partial charge in [-0.05, 0) is 17.7 Å². The zero-order valence-electron chi connectivity index (χ0n) is 11.6. The molecule has 108 valence electrons. The lowest BCUT2D eigenvalue weighted by Gasteiger charge is -2.12. The van der Waals surface area contributed by atoms with Gasteiger partial charge in [0.25, 0.3) is 5.91 Å². The molecule has 0 aliphatic heterocycles. The predicted octanol–water partition coefficient (Wildman–Crippen LogP) is 1.44. The molecule has 6 nitrogen and oxygen atoms in total. The lowest BCUT2D eigenvalue weighted by atomic mass is 10.00. The van der Waals surface area contributed by atoms with E-state index in [1.165, 1.54) is 11.1 Å². The minimum Gasteiger partial charge on any atom is -0.478 e. The quantitative estimate of drug-likeness (QED) is 0.893. The van der Waals surface area contributed by atoms with Crippen LogP contribution < -0.4 is 5.56 Å². The Bertz CT molecular complexity index is 762. The number of amides is 1. The molecule has 0 fully saturated rings. The number of hydrogen-bond donors (Lipinski definition) is 2. The minimum atomic E-state index is -1.19. The van der Waals surface area contributed by atoms with Crippen molar-refractivity contribution in [2.24, 2.45) is 0 Å². The van der Waals surface area contributed by atoms with Gasteiger partial charge in [0, 0.05) is 37.5 Å². The van der Waals surface area contributed by atoms with Gasteiger partial charge in [-0.3, -0.25) is 9.59 Å². The average molecular weight is 286 g/mol. The van der Waals surface area contributed by atoms with E-state index in [4.69, 9.17) is 0 Å². The smallest absolute Gasteiger partial charge is 0.336 e. The van der Waals surface area contributed by atoms with Gasteiger partial charge in [0.05, 0.1) is 5.56 Å². The molecule has 1 aromatic carbocycles. The third-order valence-corrected chi connectivity index (χ3v) is 2.98. The summed E-state index contributed by atoms with van der Waals surface area (Å²) < 4.78 is 0. The van der Waals surface area contributed by atoms with Crippen LogP contribution in [0.5, 0.6) is 0 Å². The molecule has 0 saturated heterocycles. The third-order valence-electron chi connectivity index (χ3n) is 2.98. The SMILES string of the molecule is CN(C)C(=O)c1cccc(-c2c[nH]c(=O)cc2C(=O)O)c1. The summed E-state index contributed by atoms with van der Waals surface area (Å²) in [6, 6.07) is 7.63. The number of aromatic amines is 1. The third kappa shape index (κ3) is 3.00. The summed E-state index contributed by atoms with van der Waals surface area (Å²) >= 11 is 0. The Hall–Kier alpha value is -2.89. The molecule has 21 heavy (non-hydrogen) atoms. The lowest BCUT2D eigenvalue weighted by Crippen LogP contribution is -2.21. The van der Waals surface area contributed by atoms with Crippen molar-refractivity contribution < 1.29 is 14.7 Å². The van der Waals surface area contributed by atoms with Crippen LogP contribution in [0.4, 0.5) is 0 Å².